The van der Waals surface area contributed by atoms with Crippen molar-refractivity contribution < 1.29 is 4.42 Å². The Kier molecular flexibility index (Phi) is 9.45. The van der Waals surface area contributed by atoms with Gasteiger partial charge >= 0.3 is 0 Å². The Morgan fingerprint density at radius 1 is 1.21 bits per heavy atom. The van der Waals surface area contributed by atoms with E-state index in [9.17, 15) is 0 Å². The Bertz CT molecular complexity index is 1300. The van der Waals surface area contributed by atoms with Crippen LogP contribution in [-0.2, 0) is 6.32 Å². The first-order valence-electron chi connectivity index (χ1n) is 12.3. The fourth-order valence-electron chi connectivity index (χ4n) is 4.44. The monoisotopic (exact) mass is 450 g/mol. The molecule has 0 spiro atoms. The van der Waals surface area contributed by atoms with Gasteiger partial charge in [-0.1, -0.05) is 68.2 Å². The third-order valence-electron chi connectivity index (χ3n) is 6.12. The van der Waals surface area contributed by atoms with Crippen LogP contribution in [0.3, 0.4) is 0 Å². The molecule has 4 heteroatoms. The molecule has 2 aromatic heterocycles. The zero-order valence-corrected chi connectivity index (χ0v) is 20.9. The molecule has 1 aliphatic carbocycles. The van der Waals surface area contributed by atoms with Crippen molar-refractivity contribution in [2.75, 3.05) is 0 Å². The standard InChI is InChI=1S/C30H35BN2O/c1-5-9-11-12-15-27(32-20-13-10-6-2)28-24(22(8-4)14-7-3)18-19-25-26-17-16-23(21-31)33-30(26)34-29(25)28/h5-7,9-17,19-20,22,24H,1,8,18,21,31H2,2-4H3/b10-6-,11-9+,14-7?,15-12+,20-13-,32-27+. The van der Waals surface area contributed by atoms with Gasteiger partial charge in [-0.15, -0.1) is 0 Å². The highest BCUT2D eigenvalue weighted by Crippen LogP contribution is 2.32. The Morgan fingerprint density at radius 2 is 2.06 bits per heavy atom. The first-order chi connectivity index (χ1) is 16.7. The molecule has 0 amide bonds. The molecule has 174 valence electrons. The highest BCUT2D eigenvalue weighted by molar-refractivity contribution is 6.25. The molecule has 0 saturated carbocycles. The quantitative estimate of drug-likeness (QED) is 0.212. The van der Waals surface area contributed by atoms with E-state index in [0.717, 1.165) is 52.2 Å². The van der Waals surface area contributed by atoms with Crippen LogP contribution in [0.5, 0.6) is 0 Å². The Hall–Kier alpha value is -3.40. The van der Waals surface area contributed by atoms with Crippen LogP contribution in [0.1, 0.15) is 39.3 Å². The average Bonchev–Trinajstić information content (AvgIpc) is 3.23. The van der Waals surface area contributed by atoms with Gasteiger partial charge in [0.25, 0.3) is 0 Å². The van der Waals surface area contributed by atoms with Crippen molar-refractivity contribution in [2.45, 2.75) is 39.9 Å². The average molecular weight is 450 g/mol. The summed E-state index contributed by atoms with van der Waals surface area (Å²) >= 11 is 0. The molecular formula is C30H35BN2O. The van der Waals surface area contributed by atoms with Crippen molar-refractivity contribution in [3.8, 4) is 0 Å². The second-order valence-corrected chi connectivity index (χ2v) is 8.27. The Morgan fingerprint density at radius 3 is 2.76 bits per heavy atom. The fourth-order valence-corrected chi connectivity index (χ4v) is 4.44. The predicted molar refractivity (Wildman–Crippen MR) is 150 cm³/mol. The molecule has 0 aromatic carbocycles. The Labute approximate surface area is 204 Å². The van der Waals surface area contributed by atoms with Crippen LogP contribution in [0.4, 0.5) is 0 Å². The third-order valence-corrected chi connectivity index (χ3v) is 6.12. The van der Waals surface area contributed by atoms with Crippen LogP contribution >= 0.6 is 0 Å². The van der Waals surface area contributed by atoms with E-state index < -0.39 is 0 Å². The first-order valence-corrected chi connectivity index (χ1v) is 12.3. The summed E-state index contributed by atoms with van der Waals surface area (Å²) in [6, 6.07) is 4.24. The zero-order chi connectivity index (χ0) is 24.3. The van der Waals surface area contributed by atoms with E-state index >= 15 is 0 Å². The van der Waals surface area contributed by atoms with Gasteiger partial charge in [0.15, 0.2) is 0 Å². The van der Waals surface area contributed by atoms with Crippen molar-refractivity contribution in [1.82, 2.24) is 4.98 Å². The molecule has 34 heavy (non-hydrogen) atoms. The van der Waals surface area contributed by atoms with Crippen molar-refractivity contribution in [3.63, 3.8) is 0 Å². The summed E-state index contributed by atoms with van der Waals surface area (Å²) in [4.78, 5) is 9.67. The summed E-state index contributed by atoms with van der Waals surface area (Å²) in [5.41, 5.74) is 4.69. The number of fused-ring (bicyclic) bond motifs is 3. The lowest BCUT2D eigenvalue weighted by Crippen LogP contribution is -2.35. The van der Waals surface area contributed by atoms with E-state index in [1.54, 1.807) is 6.08 Å². The molecule has 1 aliphatic rings. The van der Waals surface area contributed by atoms with Gasteiger partial charge in [-0.25, -0.2) is 4.98 Å². The lowest BCUT2D eigenvalue weighted by Gasteiger charge is -2.27. The van der Waals surface area contributed by atoms with E-state index in [-0.39, 0.29) is 5.92 Å². The number of pyridine rings is 1. The van der Waals surface area contributed by atoms with Gasteiger partial charge < -0.3 is 4.42 Å². The van der Waals surface area contributed by atoms with Crippen molar-refractivity contribution in [2.24, 2.45) is 16.8 Å². The van der Waals surface area contributed by atoms with Gasteiger partial charge in [-0.2, -0.15) is 0 Å². The molecule has 0 saturated heterocycles. The highest BCUT2D eigenvalue weighted by Gasteiger charge is 2.29. The SMILES string of the molecule is BCc1ccc2c3c(oc2n1)=C(C(/C=C/C=C/C=C)=N/C=C\C=C/C)C(C(C=CC)CC)CC=3. The maximum Gasteiger partial charge on any atom is 0.227 e. The molecule has 0 fully saturated rings. The van der Waals surface area contributed by atoms with Crippen LogP contribution in [0, 0.1) is 11.8 Å². The second kappa shape index (κ2) is 12.7. The minimum atomic E-state index is 0.266. The molecule has 2 aromatic rings. The normalized spacial score (nSPS) is 18.1. The maximum atomic E-state index is 6.49. The number of allylic oxidation sites excluding steroid dienone is 10. The summed E-state index contributed by atoms with van der Waals surface area (Å²) in [6.07, 6.45) is 27.2. The molecule has 2 unspecified atom stereocenters. The van der Waals surface area contributed by atoms with Crippen molar-refractivity contribution in [3.05, 3.63) is 102 Å². The first kappa shape index (κ1) is 25.2. The molecule has 0 N–H and O–H groups in total. The van der Waals surface area contributed by atoms with Crippen LogP contribution < -0.4 is 10.6 Å². The molecule has 3 nitrogen and oxygen atoms in total. The topological polar surface area (TPSA) is 38.4 Å². The molecule has 0 radical (unpaired) electrons. The molecular weight excluding hydrogens is 415 g/mol. The minimum absolute atomic E-state index is 0.266. The zero-order valence-electron chi connectivity index (χ0n) is 20.9. The van der Waals surface area contributed by atoms with E-state index in [0.29, 0.717) is 11.6 Å². The largest absolute Gasteiger partial charge is 0.437 e. The maximum absolute atomic E-state index is 6.49. The summed E-state index contributed by atoms with van der Waals surface area (Å²) in [5, 5.41) is 2.20. The summed E-state index contributed by atoms with van der Waals surface area (Å²) < 4.78 is 6.49. The van der Waals surface area contributed by atoms with Crippen LogP contribution in [0.25, 0.3) is 22.7 Å². The fraction of sp³-hybridized carbons (Fsp3) is 0.267. The van der Waals surface area contributed by atoms with Crippen molar-refractivity contribution in [1.29, 1.82) is 0 Å². The molecule has 0 aliphatic heterocycles. The lowest BCUT2D eigenvalue weighted by atomic mass is 9.77. The summed E-state index contributed by atoms with van der Waals surface area (Å²) in [6.45, 7) is 10.1. The number of aromatic nitrogens is 1. The predicted octanol–water partition coefficient (Wildman–Crippen LogP) is 5.34. The summed E-state index contributed by atoms with van der Waals surface area (Å²) in [7, 11) is 2.11. The smallest absolute Gasteiger partial charge is 0.227 e. The molecule has 0 bridgehead atoms. The van der Waals surface area contributed by atoms with Crippen LogP contribution in [0.2, 0.25) is 0 Å². The van der Waals surface area contributed by atoms with Gasteiger partial charge in [0.1, 0.15) is 13.3 Å². The summed E-state index contributed by atoms with van der Waals surface area (Å²) in [5.74, 6) is 0.653. The van der Waals surface area contributed by atoms with Gasteiger partial charge in [0.2, 0.25) is 5.71 Å². The van der Waals surface area contributed by atoms with Gasteiger partial charge in [0.05, 0.1) is 5.71 Å². The van der Waals surface area contributed by atoms with Gasteiger partial charge in [0, 0.05) is 28.1 Å². The van der Waals surface area contributed by atoms with E-state index in [2.05, 4.69) is 64.7 Å². The number of aliphatic imine (C=N–C) groups is 1. The second-order valence-electron chi connectivity index (χ2n) is 8.27. The molecule has 3 rings (SSSR count). The van der Waals surface area contributed by atoms with Crippen LogP contribution in [-0.4, -0.2) is 18.5 Å². The molecule has 2 heterocycles. The van der Waals surface area contributed by atoms with Gasteiger partial charge in [-0.3, -0.25) is 4.99 Å². The van der Waals surface area contributed by atoms with E-state index in [1.165, 1.54) is 0 Å². The van der Waals surface area contributed by atoms with Gasteiger partial charge in [-0.05, 0) is 69.1 Å². The van der Waals surface area contributed by atoms with E-state index in [4.69, 9.17) is 14.4 Å². The number of rotatable bonds is 10. The van der Waals surface area contributed by atoms with Crippen LogP contribution in [0.15, 0.2) is 95.1 Å². The number of furan rings is 1. The third kappa shape index (κ3) is 5.74. The van der Waals surface area contributed by atoms with E-state index in [1.807, 2.05) is 49.6 Å². The number of nitrogens with zero attached hydrogens (tertiary/aromatic N) is 2. The highest BCUT2D eigenvalue weighted by atomic mass is 16.3. The van der Waals surface area contributed by atoms with Crippen molar-refractivity contribution >= 4 is 36.3 Å². The number of hydrogen-bond donors (Lipinski definition) is 0. The number of hydrogen-bond acceptors (Lipinski definition) is 3. The lowest BCUT2D eigenvalue weighted by molar-refractivity contribution is 0.470. The molecule has 2 atom stereocenters. The Balaban J connectivity index is 2.34. The minimum Gasteiger partial charge on any atom is -0.437 e.